The summed E-state index contributed by atoms with van der Waals surface area (Å²) in [5.74, 6) is -0.305. The monoisotopic (exact) mass is 310 g/mol. The zero-order chi connectivity index (χ0) is 19.2. The lowest BCUT2D eigenvalue weighted by atomic mass is 9.96. The summed E-state index contributed by atoms with van der Waals surface area (Å²) >= 11 is 0. The van der Waals surface area contributed by atoms with Gasteiger partial charge in [-0.3, -0.25) is 4.68 Å². The van der Waals surface area contributed by atoms with E-state index in [9.17, 15) is 5.26 Å². The Kier molecular flexibility index (Phi) is 2.58. The molecular weight excluding hydrogens is 288 g/mol. The number of H-pyrrole nitrogens is 1. The van der Waals surface area contributed by atoms with Crippen molar-refractivity contribution < 1.29 is 5.48 Å². The van der Waals surface area contributed by atoms with Crippen molar-refractivity contribution in [2.24, 2.45) is 5.92 Å². The molecule has 1 saturated carbocycles. The van der Waals surface area contributed by atoms with Gasteiger partial charge in [0.05, 0.1) is 30.4 Å². The van der Waals surface area contributed by atoms with E-state index in [1.54, 1.807) is 23.3 Å². The molecule has 3 heterocycles. The lowest BCUT2D eigenvalue weighted by Gasteiger charge is -2.21. The fourth-order valence-electron chi connectivity index (χ4n) is 3.06. The molecule has 23 heavy (non-hydrogen) atoms. The number of nitrogens with one attached hydrogen (secondary N) is 1. The average Bonchev–Trinajstić information content (AvgIpc) is 3.31. The van der Waals surface area contributed by atoms with Crippen LogP contribution in [0.5, 0.6) is 0 Å². The Hall–Kier alpha value is -2.68. The molecule has 1 aliphatic carbocycles. The fourth-order valence-corrected chi connectivity index (χ4v) is 3.06. The smallest absolute Gasteiger partial charge is 0.141 e. The molecule has 1 atom stereocenters. The van der Waals surface area contributed by atoms with Crippen molar-refractivity contribution in [3.8, 4) is 17.3 Å². The van der Waals surface area contributed by atoms with Crippen LogP contribution in [0.1, 0.15) is 43.5 Å². The van der Waals surface area contributed by atoms with Crippen LogP contribution in [0.4, 0.5) is 0 Å². The second-order valence-corrected chi connectivity index (χ2v) is 5.62. The Morgan fingerprint density at radius 1 is 1.43 bits per heavy atom. The van der Waals surface area contributed by atoms with Gasteiger partial charge in [-0.25, -0.2) is 9.97 Å². The maximum Gasteiger partial charge on any atom is 0.141 e. The molecule has 1 fully saturated rings. The number of hydrogen-bond acceptors (Lipinski definition) is 4. The predicted octanol–water partition coefficient (Wildman–Crippen LogP) is 3.47. The van der Waals surface area contributed by atoms with E-state index in [1.807, 2.05) is 6.07 Å². The molecule has 1 N–H and O–H groups in total. The summed E-state index contributed by atoms with van der Waals surface area (Å²) in [4.78, 5) is 11.6. The highest BCUT2D eigenvalue weighted by Gasteiger charge is 2.27. The number of hydrogen-bond donors (Lipinski definition) is 1. The molecule has 6 heteroatoms. The standard InChI is InChI=1S/C17H18N6/c18-7-5-15(12-3-1-2-4-12)23-10-13(9-22-23)16-14-6-8-19-17(14)21-11-20-16/h6,8-12,15H,1-5H2,(H,19,20,21)/t15-/m1/s1/i1D2,2D2. The SMILES string of the molecule is [2H]C1([2H])CC([C@@H](CC#N)n2cc(-c3ncnc4[nH]ccc34)cn2)CC1([2H])[2H]. The zero-order valence-corrected chi connectivity index (χ0v) is 12.4. The lowest BCUT2D eigenvalue weighted by molar-refractivity contribution is 0.315. The summed E-state index contributed by atoms with van der Waals surface area (Å²) in [6, 6.07) is 3.63. The number of rotatable bonds is 4. The first-order valence-electron chi connectivity index (χ1n) is 9.52. The Morgan fingerprint density at radius 3 is 3.13 bits per heavy atom. The van der Waals surface area contributed by atoms with Gasteiger partial charge in [0, 0.05) is 28.8 Å². The topological polar surface area (TPSA) is 83.2 Å². The first-order chi connectivity index (χ1) is 12.8. The van der Waals surface area contributed by atoms with Gasteiger partial charge in [-0.05, 0) is 24.8 Å². The molecule has 0 bridgehead atoms. The maximum absolute atomic E-state index is 9.25. The Bertz CT molecular complexity index is 1000. The molecule has 4 rings (SSSR count). The minimum atomic E-state index is -1.91. The van der Waals surface area contributed by atoms with E-state index in [1.165, 1.54) is 6.33 Å². The van der Waals surface area contributed by atoms with Gasteiger partial charge in [-0.2, -0.15) is 10.4 Å². The molecule has 0 aliphatic heterocycles. The second kappa shape index (κ2) is 5.84. The predicted molar refractivity (Wildman–Crippen MR) is 86.3 cm³/mol. The molecular formula is C17H18N6. The van der Waals surface area contributed by atoms with Gasteiger partial charge in [-0.15, -0.1) is 0 Å². The van der Waals surface area contributed by atoms with E-state index in [0.29, 0.717) is 0 Å². The van der Waals surface area contributed by atoms with Gasteiger partial charge < -0.3 is 4.98 Å². The average molecular weight is 310 g/mol. The quantitative estimate of drug-likeness (QED) is 0.799. The molecule has 0 spiro atoms. The molecule has 0 unspecified atom stereocenters. The van der Waals surface area contributed by atoms with E-state index >= 15 is 0 Å². The summed E-state index contributed by atoms with van der Waals surface area (Å²) in [5.41, 5.74) is 2.22. The number of aromatic amines is 1. The summed E-state index contributed by atoms with van der Waals surface area (Å²) in [6.07, 6.45) is 3.16. The van der Waals surface area contributed by atoms with Crippen molar-refractivity contribution in [2.45, 2.75) is 38.1 Å². The van der Waals surface area contributed by atoms with E-state index in [2.05, 4.69) is 26.1 Å². The third kappa shape index (κ3) is 2.48. The highest BCUT2D eigenvalue weighted by Crippen LogP contribution is 2.36. The van der Waals surface area contributed by atoms with Crippen LogP contribution in [0.3, 0.4) is 0 Å². The molecule has 3 aromatic heterocycles. The molecule has 0 aromatic carbocycles. The van der Waals surface area contributed by atoms with Crippen LogP contribution in [0.25, 0.3) is 22.3 Å². The van der Waals surface area contributed by atoms with E-state index < -0.39 is 12.7 Å². The van der Waals surface area contributed by atoms with Gasteiger partial charge in [0.25, 0.3) is 0 Å². The Morgan fingerprint density at radius 2 is 2.30 bits per heavy atom. The van der Waals surface area contributed by atoms with Gasteiger partial charge in [0.2, 0.25) is 0 Å². The van der Waals surface area contributed by atoms with Crippen molar-refractivity contribution in [3.63, 3.8) is 0 Å². The second-order valence-electron chi connectivity index (χ2n) is 5.62. The van der Waals surface area contributed by atoms with Crippen molar-refractivity contribution in [2.75, 3.05) is 0 Å². The van der Waals surface area contributed by atoms with Crippen molar-refractivity contribution in [3.05, 3.63) is 31.0 Å². The fraction of sp³-hybridized carbons (Fsp3) is 0.412. The number of nitriles is 1. The van der Waals surface area contributed by atoms with Crippen molar-refractivity contribution in [1.82, 2.24) is 24.7 Å². The lowest BCUT2D eigenvalue weighted by Crippen LogP contribution is -2.17. The van der Waals surface area contributed by atoms with Crippen molar-refractivity contribution >= 4 is 11.0 Å². The van der Waals surface area contributed by atoms with E-state index in [0.717, 1.165) is 22.3 Å². The van der Waals surface area contributed by atoms with Gasteiger partial charge in [0.15, 0.2) is 0 Å². The third-order valence-corrected chi connectivity index (χ3v) is 4.27. The molecule has 0 saturated heterocycles. The summed E-state index contributed by atoms with van der Waals surface area (Å²) in [5, 5.41) is 14.5. The van der Waals surface area contributed by atoms with Crippen LogP contribution in [-0.4, -0.2) is 24.7 Å². The Labute approximate surface area is 139 Å². The van der Waals surface area contributed by atoms with Crippen LogP contribution in [0.2, 0.25) is 0 Å². The number of nitrogens with zero attached hydrogens (tertiary/aromatic N) is 5. The van der Waals surface area contributed by atoms with E-state index in [-0.39, 0.29) is 31.2 Å². The summed E-state index contributed by atoms with van der Waals surface area (Å²) < 4.78 is 33.6. The zero-order valence-electron chi connectivity index (χ0n) is 16.4. The highest BCUT2D eigenvalue weighted by molar-refractivity contribution is 5.89. The van der Waals surface area contributed by atoms with Crippen molar-refractivity contribution in [1.29, 1.82) is 5.26 Å². The molecule has 6 nitrogen and oxygen atoms in total. The van der Waals surface area contributed by atoms with Gasteiger partial charge >= 0.3 is 0 Å². The van der Waals surface area contributed by atoms with Gasteiger partial charge in [0.1, 0.15) is 12.0 Å². The molecule has 0 amide bonds. The largest absolute Gasteiger partial charge is 0.346 e. The molecule has 0 radical (unpaired) electrons. The number of aromatic nitrogens is 5. The first kappa shape index (κ1) is 10.2. The van der Waals surface area contributed by atoms with Crippen LogP contribution in [-0.2, 0) is 0 Å². The molecule has 3 aromatic rings. The third-order valence-electron chi connectivity index (χ3n) is 4.27. The molecule has 116 valence electrons. The van der Waals surface area contributed by atoms with Crippen LogP contribution in [0, 0.1) is 17.2 Å². The minimum Gasteiger partial charge on any atom is -0.346 e. The summed E-state index contributed by atoms with van der Waals surface area (Å²) in [7, 11) is 0. The normalized spacial score (nSPS) is 23.6. The first-order valence-corrected chi connectivity index (χ1v) is 7.52. The Balaban J connectivity index is 1.68. The minimum absolute atomic E-state index is 0.0666. The highest BCUT2D eigenvalue weighted by atomic mass is 15.3. The van der Waals surface area contributed by atoms with E-state index in [4.69, 9.17) is 5.48 Å². The summed E-state index contributed by atoms with van der Waals surface area (Å²) in [6.45, 7) is 0. The van der Waals surface area contributed by atoms with Gasteiger partial charge in [-0.1, -0.05) is 12.7 Å². The number of fused-ring (bicyclic) bond motifs is 1. The van der Waals surface area contributed by atoms with Crippen LogP contribution < -0.4 is 0 Å². The van der Waals surface area contributed by atoms with Crippen LogP contribution >= 0.6 is 0 Å². The molecule has 1 aliphatic rings. The maximum atomic E-state index is 9.25. The van der Waals surface area contributed by atoms with Crippen LogP contribution in [0.15, 0.2) is 31.0 Å².